The summed E-state index contributed by atoms with van der Waals surface area (Å²) >= 11 is 0. The van der Waals surface area contributed by atoms with Crippen molar-refractivity contribution in [3.05, 3.63) is 46.2 Å². The van der Waals surface area contributed by atoms with Crippen LogP contribution in [0.4, 0.5) is 0 Å². The quantitative estimate of drug-likeness (QED) is 0.817. The molecule has 0 spiro atoms. The third-order valence-corrected chi connectivity index (χ3v) is 5.15. The molecule has 2 heterocycles. The summed E-state index contributed by atoms with van der Waals surface area (Å²) in [4.78, 5) is 17.5. The Hall–Kier alpha value is -1.65. The molecule has 3 rings (SSSR count). The highest BCUT2D eigenvalue weighted by Gasteiger charge is 2.24. The standard InChI is InChI=1S/C20H29N3O/c1-4-10-21(2)13-16-9-11-23(14-16)15-18-12-17-7-5-6-8-19(17)22(3)20(18)24/h5-8,12,16H,4,9-11,13-15H2,1-3H3. The van der Waals surface area contributed by atoms with Crippen LogP contribution in [0.3, 0.4) is 0 Å². The van der Waals surface area contributed by atoms with E-state index in [1.54, 1.807) is 4.57 Å². The summed E-state index contributed by atoms with van der Waals surface area (Å²) in [5.74, 6) is 0.728. The van der Waals surface area contributed by atoms with E-state index in [-0.39, 0.29) is 5.56 Å². The van der Waals surface area contributed by atoms with Crippen LogP contribution in [-0.4, -0.2) is 47.6 Å². The van der Waals surface area contributed by atoms with E-state index in [0.29, 0.717) is 0 Å². The first-order chi connectivity index (χ1) is 11.6. The fourth-order valence-corrected chi connectivity index (χ4v) is 3.96. The molecule has 1 fully saturated rings. The Bertz CT molecular complexity index is 752. The first kappa shape index (κ1) is 17.2. The minimum atomic E-state index is 0.139. The van der Waals surface area contributed by atoms with Crippen LogP contribution in [0.5, 0.6) is 0 Å². The maximum absolute atomic E-state index is 12.6. The maximum Gasteiger partial charge on any atom is 0.255 e. The summed E-state index contributed by atoms with van der Waals surface area (Å²) in [5, 5.41) is 1.15. The molecule has 130 valence electrons. The Morgan fingerprint density at radius 3 is 2.88 bits per heavy atom. The van der Waals surface area contributed by atoms with Crippen LogP contribution in [0, 0.1) is 5.92 Å². The van der Waals surface area contributed by atoms with Gasteiger partial charge in [-0.05, 0) is 56.4 Å². The smallest absolute Gasteiger partial charge is 0.255 e. The molecule has 1 atom stereocenters. The highest BCUT2D eigenvalue weighted by atomic mass is 16.1. The number of aryl methyl sites for hydroxylation is 1. The van der Waals surface area contributed by atoms with Crippen molar-refractivity contribution in [3.63, 3.8) is 0 Å². The van der Waals surface area contributed by atoms with E-state index in [9.17, 15) is 4.79 Å². The van der Waals surface area contributed by atoms with Crippen molar-refractivity contribution in [2.24, 2.45) is 13.0 Å². The predicted molar refractivity (Wildman–Crippen MR) is 100 cm³/mol. The first-order valence-corrected chi connectivity index (χ1v) is 9.07. The zero-order valence-corrected chi connectivity index (χ0v) is 15.2. The van der Waals surface area contributed by atoms with Crippen molar-refractivity contribution in [3.8, 4) is 0 Å². The molecule has 0 amide bonds. The molecule has 2 aromatic rings. The molecule has 0 saturated carbocycles. The summed E-state index contributed by atoms with van der Waals surface area (Å²) in [5.41, 5.74) is 2.06. The Balaban J connectivity index is 1.70. The van der Waals surface area contributed by atoms with Crippen LogP contribution in [0.25, 0.3) is 10.9 Å². The number of nitrogens with zero attached hydrogens (tertiary/aromatic N) is 3. The second-order valence-corrected chi connectivity index (χ2v) is 7.24. The van der Waals surface area contributed by atoms with Gasteiger partial charge in [-0.3, -0.25) is 9.69 Å². The molecule has 1 aromatic heterocycles. The van der Waals surface area contributed by atoms with Gasteiger partial charge in [-0.25, -0.2) is 0 Å². The van der Waals surface area contributed by atoms with Gasteiger partial charge in [0.05, 0.1) is 5.52 Å². The van der Waals surface area contributed by atoms with Crippen LogP contribution >= 0.6 is 0 Å². The molecule has 1 aromatic carbocycles. The number of fused-ring (bicyclic) bond motifs is 1. The van der Waals surface area contributed by atoms with Crippen LogP contribution in [0.15, 0.2) is 35.1 Å². The number of aromatic nitrogens is 1. The Labute approximate surface area is 144 Å². The van der Waals surface area contributed by atoms with Crippen molar-refractivity contribution < 1.29 is 0 Å². The SMILES string of the molecule is CCCN(C)CC1CCN(Cc2cc3ccccc3n(C)c2=O)C1. The monoisotopic (exact) mass is 327 g/mol. The van der Waals surface area contributed by atoms with Gasteiger partial charge < -0.3 is 9.47 Å². The molecular formula is C20H29N3O. The number of benzene rings is 1. The molecule has 0 radical (unpaired) electrons. The first-order valence-electron chi connectivity index (χ1n) is 9.07. The zero-order chi connectivity index (χ0) is 17.1. The van der Waals surface area contributed by atoms with Crippen molar-refractivity contribution >= 4 is 10.9 Å². The molecule has 0 aliphatic carbocycles. The lowest BCUT2D eigenvalue weighted by Gasteiger charge is -2.21. The zero-order valence-electron chi connectivity index (χ0n) is 15.2. The Morgan fingerprint density at radius 1 is 1.29 bits per heavy atom. The number of likely N-dealkylation sites (tertiary alicyclic amines) is 1. The van der Waals surface area contributed by atoms with Gasteiger partial charge in [-0.15, -0.1) is 0 Å². The fourth-order valence-electron chi connectivity index (χ4n) is 3.96. The second kappa shape index (κ2) is 7.49. The van der Waals surface area contributed by atoms with Gasteiger partial charge in [-0.1, -0.05) is 25.1 Å². The van der Waals surface area contributed by atoms with Gasteiger partial charge in [0.2, 0.25) is 0 Å². The average molecular weight is 327 g/mol. The highest BCUT2D eigenvalue weighted by molar-refractivity contribution is 5.79. The minimum Gasteiger partial charge on any atom is -0.311 e. The highest BCUT2D eigenvalue weighted by Crippen LogP contribution is 2.20. The van der Waals surface area contributed by atoms with Crippen molar-refractivity contribution in [1.29, 1.82) is 0 Å². The summed E-state index contributed by atoms with van der Waals surface area (Å²) in [6.07, 6.45) is 2.45. The lowest BCUT2D eigenvalue weighted by molar-refractivity contribution is 0.260. The number of rotatable bonds is 6. The summed E-state index contributed by atoms with van der Waals surface area (Å²) in [6, 6.07) is 10.2. The topological polar surface area (TPSA) is 28.5 Å². The van der Waals surface area contributed by atoms with Gasteiger partial charge in [0.1, 0.15) is 0 Å². The van der Waals surface area contributed by atoms with Crippen LogP contribution < -0.4 is 5.56 Å². The van der Waals surface area contributed by atoms with Crippen LogP contribution in [0.1, 0.15) is 25.3 Å². The molecule has 4 nitrogen and oxygen atoms in total. The van der Waals surface area contributed by atoms with Gasteiger partial charge in [0.15, 0.2) is 0 Å². The third-order valence-electron chi connectivity index (χ3n) is 5.15. The predicted octanol–water partition coefficient (Wildman–Crippen LogP) is 2.70. The molecule has 0 bridgehead atoms. The average Bonchev–Trinajstić information content (AvgIpc) is 2.99. The van der Waals surface area contributed by atoms with Crippen molar-refractivity contribution in [2.75, 3.05) is 33.2 Å². The Morgan fingerprint density at radius 2 is 2.08 bits per heavy atom. The van der Waals surface area contributed by atoms with E-state index in [2.05, 4.69) is 35.9 Å². The molecule has 1 unspecified atom stereocenters. The third kappa shape index (κ3) is 3.70. The van der Waals surface area contributed by atoms with Crippen molar-refractivity contribution in [1.82, 2.24) is 14.4 Å². The Kier molecular flexibility index (Phi) is 5.36. The van der Waals surface area contributed by atoms with E-state index >= 15 is 0 Å². The van der Waals surface area contributed by atoms with Crippen molar-refractivity contribution in [2.45, 2.75) is 26.3 Å². The van der Waals surface area contributed by atoms with Gasteiger partial charge in [-0.2, -0.15) is 0 Å². The van der Waals surface area contributed by atoms with Crippen LogP contribution in [0.2, 0.25) is 0 Å². The molecule has 24 heavy (non-hydrogen) atoms. The molecule has 1 saturated heterocycles. The molecule has 0 N–H and O–H groups in total. The van der Waals surface area contributed by atoms with E-state index in [1.807, 2.05) is 25.2 Å². The largest absolute Gasteiger partial charge is 0.311 e. The fraction of sp³-hybridized carbons (Fsp3) is 0.550. The normalized spacial score (nSPS) is 18.8. The summed E-state index contributed by atoms with van der Waals surface area (Å²) in [7, 11) is 4.09. The van der Waals surface area contributed by atoms with E-state index in [1.165, 1.54) is 25.9 Å². The minimum absolute atomic E-state index is 0.139. The number of para-hydroxylation sites is 1. The van der Waals surface area contributed by atoms with Gasteiger partial charge >= 0.3 is 0 Å². The van der Waals surface area contributed by atoms with Gasteiger partial charge in [0.25, 0.3) is 5.56 Å². The molecule has 1 aliphatic rings. The van der Waals surface area contributed by atoms with Gasteiger partial charge in [0, 0.05) is 32.2 Å². The lowest BCUT2D eigenvalue weighted by Crippen LogP contribution is -2.30. The van der Waals surface area contributed by atoms with E-state index in [4.69, 9.17) is 0 Å². The molecular weight excluding hydrogens is 298 g/mol. The van der Waals surface area contributed by atoms with Crippen LogP contribution in [-0.2, 0) is 13.6 Å². The maximum atomic E-state index is 12.6. The van der Waals surface area contributed by atoms with E-state index in [0.717, 1.165) is 42.0 Å². The number of hydrogen-bond acceptors (Lipinski definition) is 3. The summed E-state index contributed by atoms with van der Waals surface area (Å²) in [6.45, 7) is 7.53. The van der Waals surface area contributed by atoms with E-state index < -0.39 is 0 Å². The second-order valence-electron chi connectivity index (χ2n) is 7.24. The molecule has 4 heteroatoms. The molecule has 1 aliphatic heterocycles. The lowest BCUT2D eigenvalue weighted by atomic mass is 10.1. The number of pyridine rings is 1. The number of hydrogen-bond donors (Lipinski definition) is 0. The summed E-state index contributed by atoms with van der Waals surface area (Å²) < 4.78 is 1.78.